The standard InChI is InChI=1S/C11H24N2O2/c1-5-15-11(14)9-10(2)13(4)8-6-7-12-3/h10,12H,5-9H2,1-4H3. The summed E-state index contributed by atoms with van der Waals surface area (Å²) in [5, 5.41) is 3.10. The van der Waals surface area contributed by atoms with Gasteiger partial charge in [-0.15, -0.1) is 0 Å². The van der Waals surface area contributed by atoms with Crippen LogP contribution in [0.3, 0.4) is 0 Å². The number of nitrogens with one attached hydrogen (secondary N) is 1. The molecule has 0 saturated heterocycles. The Kier molecular flexibility index (Phi) is 8.33. The summed E-state index contributed by atoms with van der Waals surface area (Å²) >= 11 is 0. The summed E-state index contributed by atoms with van der Waals surface area (Å²) in [7, 11) is 3.99. The Morgan fingerprint density at radius 1 is 1.53 bits per heavy atom. The lowest BCUT2D eigenvalue weighted by atomic mass is 10.2. The monoisotopic (exact) mass is 216 g/mol. The fourth-order valence-corrected chi connectivity index (χ4v) is 1.34. The van der Waals surface area contributed by atoms with Gasteiger partial charge in [0.1, 0.15) is 0 Å². The van der Waals surface area contributed by atoms with Crippen molar-refractivity contribution in [3.05, 3.63) is 0 Å². The van der Waals surface area contributed by atoms with Gasteiger partial charge in [-0.2, -0.15) is 0 Å². The zero-order chi connectivity index (χ0) is 11.7. The third-order valence-corrected chi connectivity index (χ3v) is 2.46. The molecule has 0 saturated carbocycles. The summed E-state index contributed by atoms with van der Waals surface area (Å²) in [6.45, 7) is 6.36. The molecule has 1 N–H and O–H groups in total. The number of ether oxygens (including phenoxy) is 1. The van der Waals surface area contributed by atoms with Crippen molar-refractivity contribution in [1.29, 1.82) is 0 Å². The van der Waals surface area contributed by atoms with E-state index in [0.29, 0.717) is 13.0 Å². The minimum atomic E-state index is -0.106. The molecule has 0 aliphatic rings. The van der Waals surface area contributed by atoms with Crippen LogP contribution >= 0.6 is 0 Å². The van der Waals surface area contributed by atoms with Gasteiger partial charge in [0.2, 0.25) is 0 Å². The van der Waals surface area contributed by atoms with Crippen molar-refractivity contribution >= 4 is 5.97 Å². The fraction of sp³-hybridized carbons (Fsp3) is 0.909. The molecule has 1 unspecified atom stereocenters. The van der Waals surface area contributed by atoms with E-state index in [1.54, 1.807) is 0 Å². The van der Waals surface area contributed by atoms with E-state index < -0.39 is 0 Å². The maximum absolute atomic E-state index is 11.2. The van der Waals surface area contributed by atoms with Crippen LogP contribution in [-0.2, 0) is 9.53 Å². The second-order valence-electron chi connectivity index (χ2n) is 3.80. The van der Waals surface area contributed by atoms with Gasteiger partial charge in [-0.1, -0.05) is 0 Å². The predicted molar refractivity (Wildman–Crippen MR) is 61.9 cm³/mol. The Bertz CT molecular complexity index is 174. The minimum absolute atomic E-state index is 0.106. The highest BCUT2D eigenvalue weighted by Crippen LogP contribution is 2.03. The van der Waals surface area contributed by atoms with E-state index in [1.165, 1.54) is 0 Å². The van der Waals surface area contributed by atoms with Crippen LogP contribution in [0.5, 0.6) is 0 Å². The molecule has 0 bridgehead atoms. The van der Waals surface area contributed by atoms with Gasteiger partial charge in [-0.25, -0.2) is 0 Å². The summed E-state index contributed by atoms with van der Waals surface area (Å²) < 4.78 is 4.91. The number of esters is 1. The molecule has 90 valence electrons. The second kappa shape index (κ2) is 8.68. The summed E-state index contributed by atoms with van der Waals surface area (Å²) in [5.74, 6) is -0.106. The normalized spacial score (nSPS) is 12.9. The van der Waals surface area contributed by atoms with Crippen LogP contribution in [0, 0.1) is 0 Å². The number of carbonyl (C=O) groups excluding carboxylic acids is 1. The first-order valence-corrected chi connectivity index (χ1v) is 5.62. The van der Waals surface area contributed by atoms with Crippen LogP contribution < -0.4 is 5.32 Å². The molecular weight excluding hydrogens is 192 g/mol. The van der Waals surface area contributed by atoms with Gasteiger partial charge in [-0.3, -0.25) is 4.79 Å². The summed E-state index contributed by atoms with van der Waals surface area (Å²) in [6.07, 6.45) is 1.57. The lowest BCUT2D eigenvalue weighted by molar-refractivity contribution is -0.144. The van der Waals surface area contributed by atoms with Crippen molar-refractivity contribution in [3.8, 4) is 0 Å². The van der Waals surface area contributed by atoms with Crippen LogP contribution in [0.4, 0.5) is 0 Å². The van der Waals surface area contributed by atoms with Crippen LogP contribution in [0.25, 0.3) is 0 Å². The largest absolute Gasteiger partial charge is 0.466 e. The van der Waals surface area contributed by atoms with Gasteiger partial charge < -0.3 is 15.0 Å². The number of nitrogens with zero attached hydrogens (tertiary/aromatic N) is 1. The molecule has 0 spiro atoms. The van der Waals surface area contributed by atoms with E-state index >= 15 is 0 Å². The Labute approximate surface area is 93.0 Å². The Morgan fingerprint density at radius 2 is 2.20 bits per heavy atom. The van der Waals surface area contributed by atoms with Crippen molar-refractivity contribution in [1.82, 2.24) is 10.2 Å². The Morgan fingerprint density at radius 3 is 2.73 bits per heavy atom. The zero-order valence-corrected chi connectivity index (χ0v) is 10.4. The summed E-state index contributed by atoms with van der Waals surface area (Å²) in [5.41, 5.74) is 0. The van der Waals surface area contributed by atoms with Crippen molar-refractivity contribution in [2.75, 3.05) is 33.8 Å². The molecule has 0 rings (SSSR count). The quantitative estimate of drug-likeness (QED) is 0.483. The van der Waals surface area contributed by atoms with Gasteiger partial charge >= 0.3 is 5.97 Å². The average molecular weight is 216 g/mol. The lowest BCUT2D eigenvalue weighted by Crippen LogP contribution is -2.33. The van der Waals surface area contributed by atoms with Gasteiger partial charge in [0.25, 0.3) is 0 Å². The highest BCUT2D eigenvalue weighted by atomic mass is 16.5. The van der Waals surface area contributed by atoms with E-state index in [9.17, 15) is 4.79 Å². The molecule has 0 aromatic heterocycles. The predicted octanol–water partition coefficient (Wildman–Crippen LogP) is 0.869. The third-order valence-electron chi connectivity index (χ3n) is 2.46. The molecule has 0 aromatic carbocycles. The van der Waals surface area contributed by atoms with Crippen molar-refractivity contribution in [2.45, 2.75) is 32.7 Å². The first kappa shape index (κ1) is 14.4. The van der Waals surface area contributed by atoms with E-state index in [0.717, 1.165) is 19.5 Å². The van der Waals surface area contributed by atoms with Crippen molar-refractivity contribution in [3.63, 3.8) is 0 Å². The van der Waals surface area contributed by atoms with Crippen LogP contribution in [0.2, 0.25) is 0 Å². The van der Waals surface area contributed by atoms with Crippen LogP contribution in [0.15, 0.2) is 0 Å². The first-order chi connectivity index (χ1) is 7.11. The SMILES string of the molecule is CCOC(=O)CC(C)N(C)CCCNC. The van der Waals surface area contributed by atoms with Crippen LogP contribution in [0.1, 0.15) is 26.7 Å². The van der Waals surface area contributed by atoms with E-state index in [1.807, 2.05) is 21.0 Å². The van der Waals surface area contributed by atoms with E-state index in [4.69, 9.17) is 4.74 Å². The summed E-state index contributed by atoms with van der Waals surface area (Å²) in [4.78, 5) is 13.4. The van der Waals surface area contributed by atoms with Crippen molar-refractivity contribution < 1.29 is 9.53 Å². The topological polar surface area (TPSA) is 41.6 Å². The number of hydrogen-bond donors (Lipinski definition) is 1. The van der Waals surface area contributed by atoms with Gasteiger partial charge in [0.15, 0.2) is 0 Å². The molecule has 1 atom stereocenters. The highest BCUT2D eigenvalue weighted by Gasteiger charge is 2.13. The molecule has 0 aliphatic carbocycles. The van der Waals surface area contributed by atoms with Gasteiger partial charge in [0.05, 0.1) is 13.0 Å². The zero-order valence-electron chi connectivity index (χ0n) is 10.4. The van der Waals surface area contributed by atoms with Crippen molar-refractivity contribution in [2.24, 2.45) is 0 Å². The molecule has 4 nitrogen and oxygen atoms in total. The molecule has 0 heterocycles. The van der Waals surface area contributed by atoms with Crippen LogP contribution in [-0.4, -0.2) is 50.7 Å². The molecule has 0 radical (unpaired) electrons. The third kappa shape index (κ3) is 7.33. The van der Waals surface area contributed by atoms with E-state index in [2.05, 4.69) is 17.1 Å². The summed E-state index contributed by atoms with van der Waals surface area (Å²) in [6, 6.07) is 0.251. The maximum atomic E-state index is 11.2. The fourth-order valence-electron chi connectivity index (χ4n) is 1.34. The first-order valence-electron chi connectivity index (χ1n) is 5.62. The molecule has 0 amide bonds. The van der Waals surface area contributed by atoms with E-state index in [-0.39, 0.29) is 12.0 Å². The average Bonchev–Trinajstić information content (AvgIpc) is 2.18. The molecular formula is C11H24N2O2. The Hall–Kier alpha value is -0.610. The van der Waals surface area contributed by atoms with Gasteiger partial charge in [-0.05, 0) is 47.5 Å². The second-order valence-corrected chi connectivity index (χ2v) is 3.80. The number of rotatable bonds is 8. The lowest BCUT2D eigenvalue weighted by Gasteiger charge is -2.23. The molecule has 0 aliphatic heterocycles. The number of carbonyl (C=O) groups is 1. The van der Waals surface area contributed by atoms with Gasteiger partial charge in [0, 0.05) is 6.04 Å². The minimum Gasteiger partial charge on any atom is -0.466 e. The number of hydrogen-bond acceptors (Lipinski definition) is 4. The smallest absolute Gasteiger partial charge is 0.307 e. The highest BCUT2D eigenvalue weighted by molar-refractivity contribution is 5.69. The molecule has 4 heteroatoms. The molecule has 15 heavy (non-hydrogen) atoms. The molecule has 0 aromatic rings. The maximum Gasteiger partial charge on any atom is 0.307 e. The Balaban J connectivity index is 3.67. The molecule has 0 fully saturated rings.